The second-order valence-corrected chi connectivity index (χ2v) is 7.38. The van der Waals surface area contributed by atoms with Gasteiger partial charge < -0.3 is 10.1 Å². The van der Waals surface area contributed by atoms with Gasteiger partial charge in [-0.15, -0.1) is 0 Å². The fraction of sp³-hybridized carbons (Fsp3) is 0.111. The first-order chi connectivity index (χ1) is 13.4. The summed E-state index contributed by atoms with van der Waals surface area (Å²) in [6.45, 7) is 0.107. The minimum Gasteiger partial charge on any atom is -0.497 e. The maximum Gasteiger partial charge on any atom is 0.279 e. The van der Waals surface area contributed by atoms with Crippen LogP contribution in [0.25, 0.3) is 0 Å². The molecule has 3 aromatic rings. The number of aromatic amines is 1. The summed E-state index contributed by atoms with van der Waals surface area (Å²) in [6.07, 6.45) is 1.13. The van der Waals surface area contributed by atoms with Gasteiger partial charge in [0.1, 0.15) is 11.6 Å². The number of anilines is 1. The molecule has 1 aromatic heterocycles. The first kappa shape index (κ1) is 19.4. The number of methoxy groups -OCH3 is 1. The normalized spacial score (nSPS) is 11.1. The fourth-order valence-electron chi connectivity index (χ4n) is 2.39. The van der Waals surface area contributed by atoms with E-state index in [-0.39, 0.29) is 23.0 Å². The van der Waals surface area contributed by atoms with Gasteiger partial charge in [0, 0.05) is 12.2 Å². The van der Waals surface area contributed by atoms with Crippen LogP contribution in [-0.4, -0.2) is 31.6 Å². The Hall–Kier alpha value is -3.40. The molecule has 8 nitrogen and oxygen atoms in total. The molecule has 0 saturated carbocycles. The van der Waals surface area contributed by atoms with E-state index in [1.807, 2.05) is 0 Å². The molecule has 1 amide bonds. The van der Waals surface area contributed by atoms with Crippen molar-refractivity contribution in [3.05, 3.63) is 71.7 Å². The van der Waals surface area contributed by atoms with Crippen molar-refractivity contribution in [1.29, 1.82) is 0 Å². The van der Waals surface area contributed by atoms with E-state index in [4.69, 9.17) is 4.74 Å². The molecule has 1 heterocycles. The lowest BCUT2D eigenvalue weighted by molar-refractivity contribution is 0.0947. The second kappa shape index (κ2) is 8.09. The number of nitrogens with one attached hydrogen (secondary N) is 3. The molecular weight excluding hydrogens is 387 g/mol. The van der Waals surface area contributed by atoms with Gasteiger partial charge in [-0.05, 0) is 42.0 Å². The molecular formula is C18H17FN4O4S. The fourth-order valence-corrected chi connectivity index (χ4v) is 3.54. The largest absolute Gasteiger partial charge is 0.497 e. The smallest absolute Gasteiger partial charge is 0.279 e. The van der Waals surface area contributed by atoms with Crippen molar-refractivity contribution in [3.63, 3.8) is 0 Å². The first-order valence-electron chi connectivity index (χ1n) is 8.12. The van der Waals surface area contributed by atoms with E-state index in [0.717, 1.165) is 6.20 Å². The molecule has 0 aliphatic rings. The van der Waals surface area contributed by atoms with Gasteiger partial charge in [-0.1, -0.05) is 12.1 Å². The molecule has 0 unspecified atom stereocenters. The van der Waals surface area contributed by atoms with Crippen molar-refractivity contribution in [2.45, 2.75) is 11.6 Å². The maximum absolute atomic E-state index is 12.9. The van der Waals surface area contributed by atoms with Crippen molar-refractivity contribution in [2.24, 2.45) is 0 Å². The average Bonchev–Trinajstić information content (AvgIpc) is 3.19. The lowest BCUT2D eigenvalue weighted by atomic mass is 10.2. The molecule has 0 atom stereocenters. The van der Waals surface area contributed by atoms with Crippen LogP contribution in [0.15, 0.2) is 59.8 Å². The topological polar surface area (TPSA) is 113 Å². The van der Waals surface area contributed by atoms with E-state index >= 15 is 0 Å². The molecule has 0 saturated heterocycles. The van der Waals surface area contributed by atoms with Gasteiger partial charge in [0.25, 0.3) is 15.9 Å². The number of H-pyrrole nitrogens is 1. The molecule has 2 aromatic carbocycles. The zero-order valence-corrected chi connectivity index (χ0v) is 15.6. The molecule has 0 bridgehead atoms. The van der Waals surface area contributed by atoms with Crippen molar-refractivity contribution in [3.8, 4) is 5.75 Å². The summed E-state index contributed by atoms with van der Waals surface area (Å²) in [4.78, 5) is 12.4. The van der Waals surface area contributed by atoms with E-state index in [1.165, 1.54) is 43.5 Å². The van der Waals surface area contributed by atoms with Gasteiger partial charge >= 0.3 is 0 Å². The van der Waals surface area contributed by atoms with Crippen molar-refractivity contribution < 1.29 is 22.3 Å². The Morgan fingerprint density at radius 1 is 1.14 bits per heavy atom. The predicted molar refractivity (Wildman–Crippen MR) is 100.0 cm³/mol. The van der Waals surface area contributed by atoms with Crippen LogP contribution in [0.3, 0.4) is 0 Å². The summed E-state index contributed by atoms with van der Waals surface area (Å²) in [7, 11) is -2.57. The van der Waals surface area contributed by atoms with E-state index < -0.39 is 15.9 Å². The summed E-state index contributed by atoms with van der Waals surface area (Å²) in [5.41, 5.74) is 0.829. The number of hydrogen-bond donors (Lipinski definition) is 3. The molecule has 0 aliphatic carbocycles. The monoisotopic (exact) mass is 404 g/mol. The van der Waals surface area contributed by atoms with Gasteiger partial charge in [-0.25, -0.2) is 4.39 Å². The Labute approximate surface area is 160 Å². The van der Waals surface area contributed by atoms with Gasteiger partial charge in [-0.3, -0.25) is 14.6 Å². The van der Waals surface area contributed by atoms with E-state index in [2.05, 4.69) is 20.2 Å². The van der Waals surface area contributed by atoms with Crippen LogP contribution >= 0.6 is 0 Å². The molecule has 0 spiro atoms. The summed E-state index contributed by atoms with van der Waals surface area (Å²) >= 11 is 0. The van der Waals surface area contributed by atoms with E-state index in [0.29, 0.717) is 17.0 Å². The Morgan fingerprint density at radius 2 is 1.82 bits per heavy atom. The van der Waals surface area contributed by atoms with Crippen LogP contribution in [0.4, 0.5) is 10.1 Å². The highest BCUT2D eigenvalue weighted by Gasteiger charge is 2.25. The van der Waals surface area contributed by atoms with Gasteiger partial charge in [0.2, 0.25) is 0 Å². The standard InChI is InChI=1S/C18H17FN4O4S/c1-27-15-8-6-14(7-9-15)23-28(25,26)18-16(11-21-22-18)17(24)20-10-12-2-4-13(19)5-3-12/h2-9,11,23H,10H2,1H3,(H,20,24)(H,21,22). The highest BCUT2D eigenvalue weighted by atomic mass is 32.2. The van der Waals surface area contributed by atoms with Crippen LogP contribution < -0.4 is 14.8 Å². The maximum atomic E-state index is 12.9. The van der Waals surface area contributed by atoms with Gasteiger partial charge in [0.15, 0.2) is 5.03 Å². The Kier molecular flexibility index (Phi) is 5.59. The summed E-state index contributed by atoms with van der Waals surface area (Å²) in [5, 5.41) is 8.23. The predicted octanol–water partition coefficient (Wildman–Crippen LogP) is 2.29. The number of amides is 1. The third-order valence-corrected chi connectivity index (χ3v) is 5.18. The Morgan fingerprint density at radius 3 is 2.46 bits per heavy atom. The van der Waals surface area contributed by atoms with Crippen LogP contribution in [0.1, 0.15) is 15.9 Å². The minimum absolute atomic E-state index is 0.107. The van der Waals surface area contributed by atoms with Crippen LogP contribution in [0.2, 0.25) is 0 Å². The number of ether oxygens (including phenoxy) is 1. The third-order valence-electron chi connectivity index (χ3n) is 3.83. The lowest BCUT2D eigenvalue weighted by Gasteiger charge is -2.09. The van der Waals surface area contributed by atoms with Crippen LogP contribution in [0, 0.1) is 5.82 Å². The molecule has 3 rings (SSSR count). The van der Waals surface area contributed by atoms with E-state index in [9.17, 15) is 17.6 Å². The number of carbonyl (C=O) groups excluding carboxylic acids is 1. The van der Waals surface area contributed by atoms with Crippen LogP contribution in [0.5, 0.6) is 5.75 Å². The van der Waals surface area contributed by atoms with E-state index in [1.54, 1.807) is 12.1 Å². The quantitative estimate of drug-likeness (QED) is 0.559. The summed E-state index contributed by atoms with van der Waals surface area (Å²) in [6, 6.07) is 11.8. The van der Waals surface area contributed by atoms with Crippen molar-refractivity contribution in [2.75, 3.05) is 11.8 Å². The Balaban J connectivity index is 1.73. The molecule has 28 heavy (non-hydrogen) atoms. The molecule has 3 N–H and O–H groups in total. The minimum atomic E-state index is -4.07. The highest BCUT2D eigenvalue weighted by Crippen LogP contribution is 2.20. The number of benzene rings is 2. The number of hydrogen-bond acceptors (Lipinski definition) is 5. The summed E-state index contributed by atoms with van der Waals surface area (Å²) in [5.74, 6) is -0.443. The third kappa shape index (κ3) is 4.46. The van der Waals surface area contributed by atoms with Crippen LogP contribution in [-0.2, 0) is 16.6 Å². The van der Waals surface area contributed by atoms with Crippen molar-refractivity contribution >= 4 is 21.6 Å². The van der Waals surface area contributed by atoms with Crippen molar-refractivity contribution in [1.82, 2.24) is 15.5 Å². The zero-order valence-electron chi connectivity index (χ0n) is 14.8. The zero-order chi connectivity index (χ0) is 20.1. The lowest BCUT2D eigenvalue weighted by Crippen LogP contribution is -2.25. The number of carbonyl (C=O) groups is 1. The number of nitrogens with zero attached hydrogens (tertiary/aromatic N) is 1. The number of sulfonamides is 1. The summed E-state index contributed by atoms with van der Waals surface area (Å²) < 4.78 is 45.6. The number of rotatable bonds is 7. The molecule has 0 fully saturated rings. The molecule has 10 heteroatoms. The van der Waals surface area contributed by atoms with Gasteiger partial charge in [0.05, 0.1) is 18.9 Å². The second-order valence-electron chi connectivity index (χ2n) is 5.76. The molecule has 0 aliphatic heterocycles. The SMILES string of the molecule is COc1ccc(NS(=O)(=O)c2[nH]ncc2C(=O)NCc2ccc(F)cc2)cc1. The average molecular weight is 404 g/mol. The number of aromatic nitrogens is 2. The van der Waals surface area contributed by atoms with Gasteiger partial charge in [-0.2, -0.15) is 13.5 Å². The number of halogens is 1. The molecule has 146 valence electrons. The molecule has 0 radical (unpaired) electrons. The Bertz CT molecular complexity index is 1060. The highest BCUT2D eigenvalue weighted by molar-refractivity contribution is 7.92. The first-order valence-corrected chi connectivity index (χ1v) is 9.60.